The van der Waals surface area contributed by atoms with Crippen molar-refractivity contribution >= 4 is 23.5 Å². The molecule has 1 unspecified atom stereocenters. The van der Waals surface area contributed by atoms with Crippen molar-refractivity contribution < 1.29 is 18.7 Å². The number of rotatable bonds is 7. The Morgan fingerprint density at radius 1 is 1.06 bits per heavy atom. The van der Waals surface area contributed by atoms with E-state index >= 15 is 0 Å². The number of ketones is 1. The zero-order chi connectivity index (χ0) is 23.4. The van der Waals surface area contributed by atoms with Crippen LogP contribution in [0, 0.1) is 18.2 Å². The van der Waals surface area contributed by atoms with E-state index in [0.29, 0.717) is 30.0 Å². The van der Waals surface area contributed by atoms with Gasteiger partial charge in [0.15, 0.2) is 5.78 Å². The fraction of sp³-hybridized carbons (Fsp3) is 0.214. The Kier molecular flexibility index (Phi) is 6.40. The van der Waals surface area contributed by atoms with Crippen LogP contribution in [0.25, 0.3) is 6.08 Å². The van der Waals surface area contributed by atoms with Crippen LogP contribution in [-0.2, 0) is 4.79 Å². The number of amides is 1. The largest absolute Gasteiger partial charge is 0.495 e. The number of carbonyl (C=O) groups is 2. The molecule has 0 aromatic heterocycles. The first-order valence-electron chi connectivity index (χ1n) is 10.9. The van der Waals surface area contributed by atoms with Gasteiger partial charge >= 0.3 is 0 Å². The summed E-state index contributed by atoms with van der Waals surface area (Å²) in [6.45, 7) is 2.38. The normalized spacial score (nSPS) is 18.2. The zero-order valence-corrected chi connectivity index (χ0v) is 18.8. The second kappa shape index (κ2) is 9.41. The number of benzene rings is 3. The van der Waals surface area contributed by atoms with Crippen molar-refractivity contribution in [3.05, 3.63) is 101 Å². The third-order valence-corrected chi connectivity index (χ3v) is 6.19. The van der Waals surface area contributed by atoms with Crippen molar-refractivity contribution in [3.8, 4) is 5.75 Å². The Hall–Kier alpha value is -3.73. The number of para-hydroxylation sites is 2. The molecule has 1 aliphatic heterocycles. The van der Waals surface area contributed by atoms with E-state index in [1.54, 1.807) is 42.3 Å². The average Bonchev–Trinajstić information content (AvgIpc) is 3.17. The van der Waals surface area contributed by atoms with Gasteiger partial charge in [0.1, 0.15) is 17.0 Å². The number of Topliss-reactive ketones (excluding diaryl/α,β-unsaturated/α-hetero) is 1. The summed E-state index contributed by atoms with van der Waals surface area (Å²) in [5, 5.41) is 0. The molecule has 1 saturated heterocycles. The maximum Gasteiger partial charge on any atom is 0.241 e. The van der Waals surface area contributed by atoms with Gasteiger partial charge in [-0.1, -0.05) is 66.2 Å². The molecule has 4 nitrogen and oxygen atoms in total. The van der Waals surface area contributed by atoms with Crippen LogP contribution in [0.5, 0.6) is 5.75 Å². The molecule has 0 bridgehead atoms. The van der Waals surface area contributed by atoms with E-state index in [4.69, 9.17) is 4.74 Å². The lowest BCUT2D eigenvalue weighted by Crippen LogP contribution is -2.40. The van der Waals surface area contributed by atoms with Crippen LogP contribution >= 0.6 is 0 Å². The number of allylic oxidation sites excluding steroid dienone is 1. The van der Waals surface area contributed by atoms with Crippen LogP contribution in [0.2, 0.25) is 0 Å². The van der Waals surface area contributed by atoms with Crippen molar-refractivity contribution in [2.24, 2.45) is 5.41 Å². The van der Waals surface area contributed by atoms with Crippen molar-refractivity contribution in [2.45, 2.75) is 19.8 Å². The first-order chi connectivity index (χ1) is 15.9. The highest BCUT2D eigenvalue weighted by Crippen LogP contribution is 2.43. The summed E-state index contributed by atoms with van der Waals surface area (Å²) >= 11 is 0. The third-order valence-electron chi connectivity index (χ3n) is 6.19. The van der Waals surface area contributed by atoms with Crippen molar-refractivity contribution in [1.29, 1.82) is 0 Å². The maximum atomic E-state index is 13.8. The first kappa shape index (κ1) is 22.5. The van der Waals surface area contributed by atoms with Gasteiger partial charge in [0.05, 0.1) is 12.8 Å². The second-order valence-electron chi connectivity index (χ2n) is 8.31. The van der Waals surface area contributed by atoms with Crippen molar-refractivity contribution in [2.75, 3.05) is 18.6 Å². The van der Waals surface area contributed by atoms with Gasteiger partial charge in [0.25, 0.3) is 0 Å². The molecule has 1 amide bonds. The summed E-state index contributed by atoms with van der Waals surface area (Å²) in [6, 6.07) is 20.8. The SMILES string of the molecule is COc1ccccc1N1CCC(CC=Cc2ccc(F)cc2)(C(=O)c2ccc(C)cc2)C1=O. The van der Waals surface area contributed by atoms with Crippen LogP contribution in [0.1, 0.15) is 34.3 Å². The second-order valence-corrected chi connectivity index (χ2v) is 8.31. The van der Waals surface area contributed by atoms with Gasteiger partial charge in [-0.15, -0.1) is 0 Å². The number of halogens is 1. The molecular weight excluding hydrogens is 417 g/mol. The Morgan fingerprint density at radius 2 is 1.76 bits per heavy atom. The van der Waals surface area contributed by atoms with Crippen molar-refractivity contribution in [1.82, 2.24) is 0 Å². The highest BCUT2D eigenvalue weighted by Gasteiger charge is 2.52. The zero-order valence-electron chi connectivity index (χ0n) is 18.8. The summed E-state index contributed by atoms with van der Waals surface area (Å²) < 4.78 is 18.7. The van der Waals surface area contributed by atoms with E-state index in [2.05, 4.69) is 0 Å². The summed E-state index contributed by atoms with van der Waals surface area (Å²) in [7, 11) is 1.56. The monoisotopic (exact) mass is 443 g/mol. The van der Waals surface area contributed by atoms with E-state index in [0.717, 1.165) is 11.1 Å². The van der Waals surface area contributed by atoms with Gasteiger partial charge in [-0.3, -0.25) is 9.59 Å². The van der Waals surface area contributed by atoms with Gasteiger partial charge in [-0.2, -0.15) is 0 Å². The number of nitrogens with zero attached hydrogens (tertiary/aromatic N) is 1. The Balaban J connectivity index is 1.69. The molecule has 168 valence electrons. The van der Waals surface area contributed by atoms with Gasteiger partial charge in [-0.05, 0) is 49.6 Å². The number of aryl methyl sites for hydroxylation is 1. The molecule has 0 spiro atoms. The topological polar surface area (TPSA) is 46.6 Å². The van der Waals surface area contributed by atoms with Crippen molar-refractivity contribution in [3.63, 3.8) is 0 Å². The molecule has 5 heteroatoms. The van der Waals surface area contributed by atoms with Crippen LogP contribution in [0.4, 0.5) is 10.1 Å². The molecule has 1 atom stereocenters. The summed E-state index contributed by atoms with van der Waals surface area (Å²) in [6.07, 6.45) is 4.30. The maximum absolute atomic E-state index is 13.8. The Labute approximate surface area is 193 Å². The lowest BCUT2D eigenvalue weighted by atomic mass is 9.75. The van der Waals surface area contributed by atoms with Crippen LogP contribution in [-0.4, -0.2) is 25.3 Å². The molecule has 0 aliphatic carbocycles. The van der Waals surface area contributed by atoms with E-state index in [1.807, 2.05) is 49.4 Å². The number of carbonyl (C=O) groups excluding carboxylic acids is 2. The highest BCUT2D eigenvalue weighted by atomic mass is 19.1. The molecule has 1 aliphatic rings. The minimum atomic E-state index is -1.22. The van der Waals surface area contributed by atoms with E-state index in [-0.39, 0.29) is 23.9 Å². The lowest BCUT2D eigenvalue weighted by Gasteiger charge is -2.26. The Bertz CT molecular complexity index is 1180. The quantitative estimate of drug-likeness (QED) is 0.340. The fourth-order valence-electron chi connectivity index (χ4n) is 4.30. The first-order valence-corrected chi connectivity index (χ1v) is 10.9. The van der Waals surface area contributed by atoms with E-state index in [9.17, 15) is 14.0 Å². The fourth-order valence-corrected chi connectivity index (χ4v) is 4.30. The van der Waals surface area contributed by atoms with Gasteiger partial charge < -0.3 is 9.64 Å². The average molecular weight is 444 g/mol. The highest BCUT2D eigenvalue weighted by molar-refractivity contribution is 6.20. The molecule has 0 radical (unpaired) electrons. The van der Waals surface area contributed by atoms with E-state index in [1.165, 1.54) is 12.1 Å². The molecular formula is C28H26FNO3. The summed E-state index contributed by atoms with van der Waals surface area (Å²) in [4.78, 5) is 29.2. The molecule has 3 aromatic carbocycles. The molecule has 1 fully saturated rings. The van der Waals surface area contributed by atoms with Crippen LogP contribution in [0.15, 0.2) is 78.9 Å². The summed E-state index contributed by atoms with van der Waals surface area (Å²) in [5.41, 5.74) is 1.82. The number of methoxy groups -OCH3 is 1. The molecule has 4 rings (SSSR count). The third kappa shape index (κ3) is 4.44. The number of anilines is 1. The molecule has 0 N–H and O–H groups in total. The molecule has 33 heavy (non-hydrogen) atoms. The number of hydrogen-bond donors (Lipinski definition) is 0. The Morgan fingerprint density at radius 3 is 2.45 bits per heavy atom. The standard InChI is InChI=1S/C28H26FNO3/c1-20-9-13-22(14-10-20)26(31)28(17-5-6-21-11-15-23(29)16-12-21)18-19-30(27(28)32)24-7-3-4-8-25(24)33-2/h3-16H,17-19H2,1-2H3. The van der Waals surface area contributed by atoms with Crippen LogP contribution < -0.4 is 9.64 Å². The number of hydrogen-bond acceptors (Lipinski definition) is 3. The number of ether oxygens (including phenoxy) is 1. The minimum absolute atomic E-state index is 0.186. The molecule has 0 saturated carbocycles. The molecule has 3 aromatic rings. The molecule has 1 heterocycles. The van der Waals surface area contributed by atoms with Gasteiger partial charge in [0, 0.05) is 12.1 Å². The lowest BCUT2D eigenvalue weighted by molar-refractivity contribution is -0.123. The van der Waals surface area contributed by atoms with Crippen LogP contribution in [0.3, 0.4) is 0 Å². The summed E-state index contributed by atoms with van der Waals surface area (Å²) in [5.74, 6) is -0.141. The van der Waals surface area contributed by atoms with Gasteiger partial charge in [0.2, 0.25) is 5.91 Å². The minimum Gasteiger partial charge on any atom is -0.495 e. The van der Waals surface area contributed by atoms with Gasteiger partial charge in [-0.25, -0.2) is 4.39 Å². The van der Waals surface area contributed by atoms with E-state index < -0.39 is 5.41 Å². The smallest absolute Gasteiger partial charge is 0.241 e. The predicted molar refractivity (Wildman–Crippen MR) is 128 cm³/mol. The predicted octanol–water partition coefficient (Wildman–Crippen LogP) is 5.85.